The average molecular weight is 585 g/mol. The summed E-state index contributed by atoms with van der Waals surface area (Å²) in [7, 11) is 0. The van der Waals surface area contributed by atoms with Gasteiger partial charge < -0.3 is 23.7 Å². The van der Waals surface area contributed by atoms with Crippen LogP contribution in [-0.4, -0.2) is 63.0 Å². The van der Waals surface area contributed by atoms with Crippen molar-refractivity contribution >= 4 is 23.7 Å². The molecule has 0 N–H and O–H groups in total. The molecule has 1 saturated heterocycles. The zero-order valence-electron chi connectivity index (χ0n) is 27.0. The van der Waals surface area contributed by atoms with Gasteiger partial charge in [0.05, 0.1) is 43.0 Å². The lowest BCUT2D eigenvalue weighted by atomic mass is 9.85. The van der Waals surface area contributed by atoms with Crippen LogP contribution in [0.4, 0.5) is 0 Å². The molecule has 1 heterocycles. The van der Waals surface area contributed by atoms with Crippen LogP contribution in [0.3, 0.4) is 0 Å². The first kappa shape index (κ1) is 37.0. The third-order valence-electron chi connectivity index (χ3n) is 8.43. The van der Waals surface area contributed by atoms with Gasteiger partial charge in [-0.2, -0.15) is 0 Å². The lowest BCUT2D eigenvalue weighted by Crippen LogP contribution is -2.50. The van der Waals surface area contributed by atoms with E-state index in [4.69, 9.17) is 23.7 Å². The monoisotopic (exact) mass is 584 g/mol. The Kier molecular flexibility index (Phi) is 16.1. The fourth-order valence-electron chi connectivity index (χ4n) is 4.40. The van der Waals surface area contributed by atoms with E-state index in [9.17, 15) is 19.2 Å². The Morgan fingerprint density at radius 2 is 1.39 bits per heavy atom. The lowest BCUT2D eigenvalue weighted by Gasteiger charge is -2.43. The molecule has 0 bridgehead atoms. The smallest absolute Gasteiger partial charge is 0.308 e. The normalized spacial score (nSPS) is 22.2. The van der Waals surface area contributed by atoms with Gasteiger partial charge in [-0.05, 0) is 38.5 Å². The second kappa shape index (κ2) is 17.8. The first-order valence-corrected chi connectivity index (χ1v) is 15.5. The Morgan fingerprint density at radius 3 is 1.93 bits per heavy atom. The minimum absolute atomic E-state index is 0.0266. The SMILES string of the molecule is CCC(C)C(=O)CCCOC(=O)C(CC)CC(C)C(=O)OCC1(CC)COC(C(C)(C)COC(=O)C(C)CC)OC1. The van der Waals surface area contributed by atoms with Crippen molar-refractivity contribution in [2.75, 3.05) is 33.0 Å². The largest absolute Gasteiger partial charge is 0.465 e. The van der Waals surface area contributed by atoms with E-state index in [2.05, 4.69) is 0 Å². The summed E-state index contributed by atoms with van der Waals surface area (Å²) in [4.78, 5) is 49.5. The lowest BCUT2D eigenvalue weighted by molar-refractivity contribution is -0.281. The summed E-state index contributed by atoms with van der Waals surface area (Å²) < 4.78 is 28.7. The van der Waals surface area contributed by atoms with Gasteiger partial charge in [0.25, 0.3) is 0 Å². The third-order valence-corrected chi connectivity index (χ3v) is 8.43. The zero-order valence-corrected chi connectivity index (χ0v) is 27.0. The molecule has 9 heteroatoms. The number of hydrogen-bond acceptors (Lipinski definition) is 9. The van der Waals surface area contributed by atoms with Crippen LogP contribution in [0.5, 0.6) is 0 Å². The van der Waals surface area contributed by atoms with Gasteiger partial charge in [-0.1, -0.05) is 62.3 Å². The third kappa shape index (κ3) is 12.0. The number of carbonyl (C=O) groups is 4. The molecule has 0 spiro atoms. The van der Waals surface area contributed by atoms with Crippen LogP contribution >= 0.6 is 0 Å². The van der Waals surface area contributed by atoms with Gasteiger partial charge in [0.2, 0.25) is 0 Å². The van der Waals surface area contributed by atoms with Crippen LogP contribution in [0, 0.1) is 34.5 Å². The zero-order chi connectivity index (χ0) is 31.2. The Bertz CT molecular complexity index is 829. The number of rotatable bonds is 19. The van der Waals surface area contributed by atoms with E-state index in [0.29, 0.717) is 45.3 Å². The molecule has 4 atom stereocenters. The van der Waals surface area contributed by atoms with Crippen LogP contribution in [0.2, 0.25) is 0 Å². The quantitative estimate of drug-likeness (QED) is 0.104. The Labute approximate surface area is 247 Å². The minimum Gasteiger partial charge on any atom is -0.465 e. The number of Topliss-reactive ketones (excluding diaryl/α,β-unsaturated/α-hetero) is 1. The van der Waals surface area contributed by atoms with Gasteiger partial charge in [0.1, 0.15) is 19.0 Å². The summed E-state index contributed by atoms with van der Waals surface area (Å²) >= 11 is 0. The number of hydrogen-bond donors (Lipinski definition) is 0. The fraction of sp³-hybridized carbons (Fsp3) is 0.875. The van der Waals surface area contributed by atoms with Crippen LogP contribution in [0.25, 0.3) is 0 Å². The second-order valence-electron chi connectivity index (χ2n) is 12.6. The highest BCUT2D eigenvalue weighted by Gasteiger charge is 2.43. The summed E-state index contributed by atoms with van der Waals surface area (Å²) in [6.07, 6.45) is 3.45. The molecule has 0 aliphatic carbocycles. The molecular formula is C32H56O9. The molecule has 0 aromatic carbocycles. The molecule has 41 heavy (non-hydrogen) atoms. The molecular weight excluding hydrogens is 528 g/mol. The number of carbonyl (C=O) groups excluding carboxylic acids is 4. The van der Waals surface area contributed by atoms with Crippen molar-refractivity contribution in [3.63, 3.8) is 0 Å². The summed E-state index contributed by atoms with van der Waals surface area (Å²) in [5, 5.41) is 0. The van der Waals surface area contributed by atoms with Crippen LogP contribution in [-0.2, 0) is 42.9 Å². The second-order valence-corrected chi connectivity index (χ2v) is 12.6. The van der Waals surface area contributed by atoms with E-state index in [1.807, 2.05) is 55.4 Å². The Hall–Kier alpha value is -2.00. The molecule has 238 valence electrons. The van der Waals surface area contributed by atoms with E-state index < -0.39 is 29.0 Å². The molecule has 1 aliphatic rings. The van der Waals surface area contributed by atoms with Crippen molar-refractivity contribution in [2.45, 2.75) is 114 Å². The summed E-state index contributed by atoms with van der Waals surface area (Å²) in [6.45, 7) is 18.4. The van der Waals surface area contributed by atoms with Gasteiger partial charge in [-0.25, -0.2) is 0 Å². The molecule has 0 aromatic rings. The Balaban J connectivity index is 2.53. The van der Waals surface area contributed by atoms with Gasteiger partial charge in [-0.3, -0.25) is 19.2 Å². The van der Waals surface area contributed by atoms with Crippen molar-refractivity contribution in [1.29, 1.82) is 0 Å². The van der Waals surface area contributed by atoms with Gasteiger partial charge in [-0.15, -0.1) is 0 Å². The highest BCUT2D eigenvalue weighted by atomic mass is 16.7. The predicted molar refractivity (Wildman–Crippen MR) is 156 cm³/mol. The molecule has 4 unspecified atom stereocenters. The molecule has 1 aliphatic heterocycles. The fourth-order valence-corrected chi connectivity index (χ4v) is 4.40. The van der Waals surface area contributed by atoms with Gasteiger partial charge >= 0.3 is 17.9 Å². The van der Waals surface area contributed by atoms with Crippen molar-refractivity contribution in [3.8, 4) is 0 Å². The van der Waals surface area contributed by atoms with Crippen LogP contribution in [0.15, 0.2) is 0 Å². The first-order valence-electron chi connectivity index (χ1n) is 15.5. The van der Waals surface area contributed by atoms with Crippen molar-refractivity contribution in [3.05, 3.63) is 0 Å². The summed E-state index contributed by atoms with van der Waals surface area (Å²) in [6, 6.07) is 0. The maximum atomic E-state index is 12.9. The van der Waals surface area contributed by atoms with E-state index in [1.54, 1.807) is 6.92 Å². The highest BCUT2D eigenvalue weighted by Crippen LogP contribution is 2.36. The van der Waals surface area contributed by atoms with Gasteiger partial charge in [0, 0.05) is 17.8 Å². The van der Waals surface area contributed by atoms with Crippen molar-refractivity contribution < 1.29 is 42.9 Å². The maximum Gasteiger partial charge on any atom is 0.308 e. The van der Waals surface area contributed by atoms with Crippen molar-refractivity contribution in [2.24, 2.45) is 34.5 Å². The van der Waals surface area contributed by atoms with E-state index in [-0.39, 0.29) is 55.3 Å². The summed E-state index contributed by atoms with van der Waals surface area (Å²) in [5.41, 5.74) is -1.02. The van der Waals surface area contributed by atoms with Crippen LogP contribution in [0.1, 0.15) is 107 Å². The molecule has 0 radical (unpaired) electrons. The van der Waals surface area contributed by atoms with E-state index in [0.717, 1.165) is 12.8 Å². The molecule has 1 fully saturated rings. The standard InChI is InChI=1S/C32H56O9/c1-10-22(5)26(33)15-14-16-37-29(36)25(12-3)17-24(7)28(35)39-19-32(13-4)20-40-30(41-21-32)31(8,9)18-38-27(34)23(6)11-2/h22-25,30H,10-21H2,1-9H3. The highest BCUT2D eigenvalue weighted by molar-refractivity contribution is 5.80. The number of ether oxygens (including phenoxy) is 5. The number of esters is 3. The molecule has 0 amide bonds. The average Bonchev–Trinajstić information content (AvgIpc) is 2.98. The first-order chi connectivity index (χ1) is 19.3. The number of ketones is 1. The molecule has 0 aromatic heterocycles. The van der Waals surface area contributed by atoms with Crippen molar-refractivity contribution in [1.82, 2.24) is 0 Å². The summed E-state index contributed by atoms with van der Waals surface area (Å²) in [5.74, 6) is -1.78. The van der Waals surface area contributed by atoms with E-state index >= 15 is 0 Å². The minimum atomic E-state index is -0.550. The molecule has 9 nitrogen and oxygen atoms in total. The molecule has 1 rings (SSSR count). The maximum absolute atomic E-state index is 12.9. The molecule has 0 saturated carbocycles. The van der Waals surface area contributed by atoms with Crippen LogP contribution < -0.4 is 0 Å². The van der Waals surface area contributed by atoms with E-state index in [1.165, 1.54) is 0 Å². The topological polar surface area (TPSA) is 114 Å². The Morgan fingerprint density at radius 1 is 0.805 bits per heavy atom. The predicted octanol–water partition coefficient (Wildman–Crippen LogP) is 5.91. The van der Waals surface area contributed by atoms with Gasteiger partial charge in [0.15, 0.2) is 6.29 Å².